The highest BCUT2D eigenvalue weighted by Gasteiger charge is 2.26. The molecule has 0 radical (unpaired) electrons. The van der Waals surface area contributed by atoms with Crippen LogP contribution in [0.2, 0.25) is 0 Å². The number of benzene rings is 1. The fourth-order valence-electron chi connectivity index (χ4n) is 3.07. The minimum atomic E-state index is 0.489. The zero-order valence-electron chi connectivity index (χ0n) is 12.4. The summed E-state index contributed by atoms with van der Waals surface area (Å²) in [6.07, 6.45) is 2.59. The molecule has 0 aromatic heterocycles. The number of nitrogens with zero attached hydrogens (tertiary/aromatic N) is 1. The molecule has 1 aliphatic rings. The van der Waals surface area contributed by atoms with Crippen molar-refractivity contribution in [2.75, 3.05) is 33.8 Å². The van der Waals surface area contributed by atoms with E-state index in [1.807, 2.05) is 6.92 Å². The van der Waals surface area contributed by atoms with E-state index in [1.54, 1.807) is 0 Å². The molecule has 0 spiro atoms. The van der Waals surface area contributed by atoms with Gasteiger partial charge in [0.25, 0.3) is 0 Å². The summed E-state index contributed by atoms with van der Waals surface area (Å²) in [4.78, 5) is 2.34. The summed E-state index contributed by atoms with van der Waals surface area (Å²) >= 11 is 0. The molecule has 1 heterocycles. The smallest absolute Gasteiger partial charge is 0.119 e. The largest absolute Gasteiger partial charge is 0.494 e. The van der Waals surface area contributed by atoms with E-state index in [2.05, 4.69) is 48.6 Å². The summed E-state index contributed by atoms with van der Waals surface area (Å²) in [6, 6.07) is 9.09. The quantitative estimate of drug-likeness (QED) is 0.883. The first-order valence-corrected chi connectivity index (χ1v) is 7.32. The van der Waals surface area contributed by atoms with Crippen LogP contribution in [0.3, 0.4) is 0 Å². The van der Waals surface area contributed by atoms with E-state index in [4.69, 9.17) is 4.74 Å². The monoisotopic (exact) mass is 262 g/mol. The lowest BCUT2D eigenvalue weighted by molar-refractivity contribution is 0.181. The number of hydrogen-bond acceptors (Lipinski definition) is 3. The number of rotatable bonds is 5. The molecule has 19 heavy (non-hydrogen) atoms. The topological polar surface area (TPSA) is 24.5 Å². The van der Waals surface area contributed by atoms with Crippen LogP contribution in [0.15, 0.2) is 24.3 Å². The van der Waals surface area contributed by atoms with E-state index in [1.165, 1.54) is 24.9 Å². The maximum Gasteiger partial charge on any atom is 0.119 e. The first kappa shape index (κ1) is 14.4. The van der Waals surface area contributed by atoms with Crippen molar-refractivity contribution in [2.24, 2.45) is 5.92 Å². The van der Waals surface area contributed by atoms with Gasteiger partial charge in [0.2, 0.25) is 0 Å². The number of hydrogen-bond donors (Lipinski definition) is 1. The minimum Gasteiger partial charge on any atom is -0.494 e. The predicted octanol–water partition coefficient (Wildman–Crippen LogP) is 2.69. The van der Waals surface area contributed by atoms with Crippen LogP contribution in [0.25, 0.3) is 0 Å². The molecule has 2 rings (SSSR count). The van der Waals surface area contributed by atoms with Crippen LogP contribution in [0.4, 0.5) is 0 Å². The van der Waals surface area contributed by atoms with E-state index in [9.17, 15) is 0 Å². The molecular weight excluding hydrogens is 236 g/mol. The second kappa shape index (κ2) is 6.92. The number of nitrogens with one attached hydrogen (secondary N) is 1. The summed E-state index contributed by atoms with van der Waals surface area (Å²) in [5, 5.41) is 3.52. The SMILES string of the molecule is CCOc1ccc(C(C2CCCNC2)N(C)C)cc1. The molecule has 0 bridgehead atoms. The molecular formula is C16H26N2O. The zero-order valence-corrected chi connectivity index (χ0v) is 12.4. The van der Waals surface area contributed by atoms with Gasteiger partial charge < -0.3 is 15.0 Å². The summed E-state index contributed by atoms with van der Waals surface area (Å²) in [6.45, 7) is 5.03. The molecule has 1 N–H and O–H groups in total. The van der Waals surface area contributed by atoms with Gasteiger partial charge in [-0.2, -0.15) is 0 Å². The lowest BCUT2D eigenvalue weighted by Gasteiger charge is -2.35. The van der Waals surface area contributed by atoms with Crippen molar-refractivity contribution in [1.82, 2.24) is 10.2 Å². The Bertz CT molecular complexity index is 369. The zero-order chi connectivity index (χ0) is 13.7. The Morgan fingerprint density at radius 1 is 1.32 bits per heavy atom. The molecule has 0 amide bonds. The molecule has 1 saturated heterocycles. The van der Waals surface area contributed by atoms with Gasteiger partial charge in [-0.25, -0.2) is 0 Å². The molecule has 1 fully saturated rings. The fraction of sp³-hybridized carbons (Fsp3) is 0.625. The Morgan fingerprint density at radius 2 is 2.05 bits per heavy atom. The van der Waals surface area contributed by atoms with Crippen LogP contribution >= 0.6 is 0 Å². The van der Waals surface area contributed by atoms with E-state index in [0.29, 0.717) is 12.0 Å². The second-order valence-electron chi connectivity index (χ2n) is 5.52. The lowest BCUT2D eigenvalue weighted by atomic mass is 9.86. The van der Waals surface area contributed by atoms with Crippen LogP contribution in [0, 0.1) is 5.92 Å². The normalized spacial score (nSPS) is 21.4. The highest BCUT2D eigenvalue weighted by molar-refractivity contribution is 5.29. The average molecular weight is 262 g/mol. The van der Waals surface area contributed by atoms with Gasteiger partial charge >= 0.3 is 0 Å². The lowest BCUT2D eigenvalue weighted by Crippen LogP contribution is -2.38. The Labute approximate surface area is 116 Å². The maximum atomic E-state index is 5.52. The van der Waals surface area contributed by atoms with E-state index in [0.717, 1.165) is 18.9 Å². The number of ether oxygens (including phenoxy) is 1. The van der Waals surface area contributed by atoms with E-state index < -0.39 is 0 Å². The van der Waals surface area contributed by atoms with Crippen LogP contribution in [-0.2, 0) is 0 Å². The Kier molecular flexibility index (Phi) is 5.23. The molecule has 106 valence electrons. The van der Waals surface area contributed by atoms with Crippen LogP contribution in [0.5, 0.6) is 5.75 Å². The van der Waals surface area contributed by atoms with Gasteiger partial charge in [-0.15, -0.1) is 0 Å². The number of piperidine rings is 1. The van der Waals surface area contributed by atoms with Crippen molar-refractivity contribution in [3.63, 3.8) is 0 Å². The average Bonchev–Trinajstić information content (AvgIpc) is 2.42. The Balaban J connectivity index is 2.13. The van der Waals surface area contributed by atoms with Gasteiger partial charge in [0.1, 0.15) is 5.75 Å². The second-order valence-corrected chi connectivity index (χ2v) is 5.52. The van der Waals surface area contributed by atoms with E-state index in [-0.39, 0.29) is 0 Å². The molecule has 3 nitrogen and oxygen atoms in total. The van der Waals surface area contributed by atoms with Gasteiger partial charge in [0.15, 0.2) is 0 Å². The van der Waals surface area contributed by atoms with Gasteiger partial charge in [-0.1, -0.05) is 12.1 Å². The van der Waals surface area contributed by atoms with Gasteiger partial charge in [-0.05, 0) is 70.6 Å². The highest BCUT2D eigenvalue weighted by Crippen LogP contribution is 2.32. The molecule has 0 saturated carbocycles. The third kappa shape index (κ3) is 3.71. The predicted molar refractivity (Wildman–Crippen MR) is 79.6 cm³/mol. The molecule has 0 aliphatic carbocycles. The standard InChI is InChI=1S/C16H26N2O/c1-4-19-15-9-7-13(8-10-15)16(18(2)3)14-6-5-11-17-12-14/h7-10,14,16-17H,4-6,11-12H2,1-3H3. The third-order valence-corrected chi connectivity index (χ3v) is 3.87. The molecule has 1 aromatic rings. The van der Waals surface area contributed by atoms with E-state index >= 15 is 0 Å². The summed E-state index contributed by atoms with van der Waals surface area (Å²) < 4.78 is 5.52. The summed E-state index contributed by atoms with van der Waals surface area (Å²) in [5.74, 6) is 1.66. The first-order chi connectivity index (χ1) is 9.22. The molecule has 1 aliphatic heterocycles. The molecule has 3 heteroatoms. The van der Waals surface area contributed by atoms with Crippen LogP contribution < -0.4 is 10.1 Å². The summed E-state index contributed by atoms with van der Waals surface area (Å²) in [5.41, 5.74) is 1.39. The van der Waals surface area contributed by atoms with Crippen molar-refractivity contribution in [3.8, 4) is 5.75 Å². The van der Waals surface area contributed by atoms with Gasteiger partial charge in [0, 0.05) is 6.04 Å². The van der Waals surface area contributed by atoms with Crippen molar-refractivity contribution in [2.45, 2.75) is 25.8 Å². The Hall–Kier alpha value is -1.06. The van der Waals surface area contributed by atoms with Gasteiger partial charge in [-0.3, -0.25) is 0 Å². The van der Waals surface area contributed by atoms with Crippen LogP contribution in [-0.4, -0.2) is 38.7 Å². The molecule has 2 unspecified atom stereocenters. The van der Waals surface area contributed by atoms with Crippen molar-refractivity contribution < 1.29 is 4.74 Å². The first-order valence-electron chi connectivity index (χ1n) is 7.32. The summed E-state index contributed by atoms with van der Waals surface area (Å²) in [7, 11) is 4.35. The van der Waals surface area contributed by atoms with Crippen molar-refractivity contribution in [3.05, 3.63) is 29.8 Å². The molecule has 2 atom stereocenters. The molecule has 1 aromatic carbocycles. The maximum absolute atomic E-state index is 5.52. The van der Waals surface area contributed by atoms with Gasteiger partial charge in [0.05, 0.1) is 6.61 Å². The minimum absolute atomic E-state index is 0.489. The van der Waals surface area contributed by atoms with Crippen LogP contribution in [0.1, 0.15) is 31.4 Å². The van der Waals surface area contributed by atoms with Crippen molar-refractivity contribution in [1.29, 1.82) is 0 Å². The Morgan fingerprint density at radius 3 is 2.58 bits per heavy atom. The van der Waals surface area contributed by atoms with Crippen molar-refractivity contribution >= 4 is 0 Å². The third-order valence-electron chi connectivity index (χ3n) is 3.87. The fourth-order valence-corrected chi connectivity index (χ4v) is 3.07. The highest BCUT2D eigenvalue weighted by atomic mass is 16.5.